The minimum Gasteiger partial charge on any atom is -0.453 e. The zero-order valence-corrected chi connectivity index (χ0v) is 10.6. The molecule has 0 amide bonds. The molecule has 0 N–H and O–H groups in total. The van der Waals surface area contributed by atoms with Gasteiger partial charge in [0.15, 0.2) is 11.6 Å². The van der Waals surface area contributed by atoms with E-state index >= 15 is 0 Å². The van der Waals surface area contributed by atoms with Crippen molar-refractivity contribution in [2.75, 3.05) is 0 Å². The van der Waals surface area contributed by atoms with Crippen molar-refractivity contribution in [2.24, 2.45) is 0 Å². The molecule has 0 bridgehead atoms. The fourth-order valence-electron chi connectivity index (χ4n) is 1.35. The van der Waals surface area contributed by atoms with Crippen LogP contribution in [0.2, 0.25) is 0 Å². The molecule has 0 saturated carbocycles. The van der Waals surface area contributed by atoms with Gasteiger partial charge in [-0.2, -0.15) is 4.39 Å². The van der Waals surface area contributed by atoms with Crippen LogP contribution in [0.4, 0.5) is 8.78 Å². The van der Waals surface area contributed by atoms with Crippen LogP contribution in [0.25, 0.3) is 0 Å². The highest BCUT2D eigenvalue weighted by atomic mass is 79.9. The van der Waals surface area contributed by atoms with Gasteiger partial charge >= 0.3 is 0 Å². The van der Waals surface area contributed by atoms with Crippen molar-refractivity contribution >= 4 is 22.2 Å². The summed E-state index contributed by atoms with van der Waals surface area (Å²) in [6, 6.07) is 8.22. The summed E-state index contributed by atoms with van der Waals surface area (Å²) in [4.78, 5) is 10.6. The van der Waals surface area contributed by atoms with Crippen LogP contribution in [0.15, 0.2) is 40.9 Å². The Labute approximate surface area is 110 Å². The molecule has 0 fully saturated rings. The standard InChI is InChI=1S/C13H7BrF2O2/c14-9-6-8(7-17)4-5-11(9)18-12-3-1-2-10(15)13(12)16/h1-7H. The smallest absolute Gasteiger partial charge is 0.201 e. The number of carbonyl (C=O) groups excluding carboxylic acids is 1. The summed E-state index contributed by atoms with van der Waals surface area (Å²) in [5.74, 6) is -1.95. The first kappa shape index (κ1) is 12.7. The highest BCUT2D eigenvalue weighted by Gasteiger charge is 2.11. The number of aldehydes is 1. The first-order valence-corrected chi connectivity index (χ1v) is 5.77. The first-order chi connectivity index (χ1) is 8.61. The number of carbonyl (C=O) groups is 1. The second-order valence-corrected chi connectivity index (χ2v) is 4.32. The summed E-state index contributed by atoms with van der Waals surface area (Å²) >= 11 is 3.19. The molecule has 0 unspecified atom stereocenters. The summed E-state index contributed by atoms with van der Waals surface area (Å²) in [5.41, 5.74) is 0.453. The largest absolute Gasteiger partial charge is 0.453 e. The van der Waals surface area contributed by atoms with E-state index in [4.69, 9.17) is 4.74 Å². The molecule has 0 heterocycles. The Kier molecular flexibility index (Phi) is 3.72. The highest BCUT2D eigenvalue weighted by Crippen LogP contribution is 2.32. The quantitative estimate of drug-likeness (QED) is 0.788. The van der Waals surface area contributed by atoms with E-state index in [9.17, 15) is 13.6 Å². The zero-order valence-electron chi connectivity index (χ0n) is 8.99. The molecule has 2 rings (SSSR count). The van der Waals surface area contributed by atoms with Crippen LogP contribution in [0.1, 0.15) is 10.4 Å². The van der Waals surface area contributed by atoms with Gasteiger partial charge in [0.1, 0.15) is 12.0 Å². The van der Waals surface area contributed by atoms with Gasteiger partial charge in [0.25, 0.3) is 0 Å². The normalized spacial score (nSPS) is 10.2. The maximum absolute atomic E-state index is 13.4. The van der Waals surface area contributed by atoms with Crippen LogP contribution >= 0.6 is 15.9 Å². The predicted octanol–water partition coefficient (Wildman–Crippen LogP) is 4.33. The third-order valence-electron chi connectivity index (χ3n) is 2.23. The molecule has 0 saturated heterocycles. The molecule has 2 aromatic rings. The Morgan fingerprint density at radius 3 is 2.56 bits per heavy atom. The Balaban J connectivity index is 2.34. The van der Waals surface area contributed by atoms with Gasteiger partial charge in [-0.3, -0.25) is 4.79 Å². The lowest BCUT2D eigenvalue weighted by molar-refractivity contribution is 0.112. The van der Waals surface area contributed by atoms with Crippen LogP contribution < -0.4 is 4.74 Å². The SMILES string of the molecule is O=Cc1ccc(Oc2cccc(F)c2F)c(Br)c1. The Morgan fingerprint density at radius 1 is 1.11 bits per heavy atom. The molecular formula is C13H7BrF2O2. The van der Waals surface area contributed by atoms with Gasteiger partial charge in [0.05, 0.1) is 4.47 Å². The Morgan fingerprint density at radius 2 is 1.89 bits per heavy atom. The second-order valence-electron chi connectivity index (χ2n) is 3.46. The molecule has 0 aromatic heterocycles. The Hall–Kier alpha value is -1.75. The molecule has 0 radical (unpaired) electrons. The van der Waals surface area contributed by atoms with E-state index < -0.39 is 11.6 Å². The molecule has 18 heavy (non-hydrogen) atoms. The Bertz CT molecular complexity index is 600. The van der Waals surface area contributed by atoms with Crippen molar-refractivity contribution < 1.29 is 18.3 Å². The van der Waals surface area contributed by atoms with Crippen molar-refractivity contribution in [1.29, 1.82) is 0 Å². The van der Waals surface area contributed by atoms with Crippen molar-refractivity contribution in [3.63, 3.8) is 0 Å². The summed E-state index contributed by atoms with van der Waals surface area (Å²) in [7, 11) is 0. The van der Waals surface area contributed by atoms with E-state index in [1.807, 2.05) is 0 Å². The van der Waals surface area contributed by atoms with Crippen LogP contribution in [0.5, 0.6) is 11.5 Å². The molecule has 2 nitrogen and oxygen atoms in total. The zero-order chi connectivity index (χ0) is 13.1. The van der Waals surface area contributed by atoms with Gasteiger partial charge in [-0.1, -0.05) is 6.07 Å². The van der Waals surface area contributed by atoms with Crippen molar-refractivity contribution in [2.45, 2.75) is 0 Å². The van der Waals surface area contributed by atoms with E-state index in [1.165, 1.54) is 30.3 Å². The number of hydrogen-bond acceptors (Lipinski definition) is 2. The summed E-state index contributed by atoms with van der Waals surface area (Å²) in [5, 5.41) is 0. The van der Waals surface area contributed by atoms with Gasteiger partial charge in [0, 0.05) is 5.56 Å². The number of benzene rings is 2. The average molecular weight is 313 g/mol. The molecule has 0 atom stereocenters. The minimum atomic E-state index is -1.05. The monoisotopic (exact) mass is 312 g/mol. The number of hydrogen-bond donors (Lipinski definition) is 0. The van der Waals surface area contributed by atoms with E-state index in [2.05, 4.69) is 15.9 Å². The van der Waals surface area contributed by atoms with E-state index in [0.717, 1.165) is 6.07 Å². The van der Waals surface area contributed by atoms with Gasteiger partial charge in [0.2, 0.25) is 5.82 Å². The summed E-state index contributed by atoms with van der Waals surface area (Å²) in [6.07, 6.45) is 0.678. The predicted molar refractivity (Wildman–Crippen MR) is 66.0 cm³/mol. The van der Waals surface area contributed by atoms with E-state index in [1.54, 1.807) is 0 Å². The van der Waals surface area contributed by atoms with Gasteiger partial charge < -0.3 is 4.74 Å². The van der Waals surface area contributed by atoms with Crippen molar-refractivity contribution in [1.82, 2.24) is 0 Å². The highest BCUT2D eigenvalue weighted by molar-refractivity contribution is 9.10. The van der Waals surface area contributed by atoms with Crippen LogP contribution in [-0.2, 0) is 0 Å². The molecule has 0 spiro atoms. The minimum absolute atomic E-state index is 0.213. The number of ether oxygens (including phenoxy) is 1. The third kappa shape index (κ3) is 2.56. The molecule has 92 valence electrons. The fourth-order valence-corrected chi connectivity index (χ4v) is 1.83. The topological polar surface area (TPSA) is 26.3 Å². The maximum atomic E-state index is 13.4. The van der Waals surface area contributed by atoms with Crippen LogP contribution in [-0.4, -0.2) is 6.29 Å². The first-order valence-electron chi connectivity index (χ1n) is 4.98. The number of rotatable bonds is 3. The lowest BCUT2D eigenvalue weighted by Gasteiger charge is -2.09. The lowest BCUT2D eigenvalue weighted by atomic mass is 10.2. The van der Waals surface area contributed by atoms with Crippen LogP contribution in [0.3, 0.4) is 0 Å². The molecule has 5 heteroatoms. The second kappa shape index (κ2) is 5.27. The van der Waals surface area contributed by atoms with Crippen LogP contribution in [0, 0.1) is 11.6 Å². The summed E-state index contributed by atoms with van der Waals surface area (Å²) < 4.78 is 32.1. The van der Waals surface area contributed by atoms with Gasteiger partial charge in [-0.05, 0) is 46.3 Å². The van der Waals surface area contributed by atoms with Crippen molar-refractivity contribution in [3.8, 4) is 11.5 Å². The van der Waals surface area contributed by atoms with Gasteiger partial charge in [-0.15, -0.1) is 0 Å². The third-order valence-corrected chi connectivity index (χ3v) is 2.85. The average Bonchev–Trinajstić information content (AvgIpc) is 2.37. The molecule has 2 aromatic carbocycles. The lowest BCUT2D eigenvalue weighted by Crippen LogP contribution is -1.92. The molecule has 0 aliphatic carbocycles. The van der Waals surface area contributed by atoms with E-state index in [0.29, 0.717) is 22.1 Å². The molecule has 0 aliphatic heterocycles. The van der Waals surface area contributed by atoms with E-state index in [-0.39, 0.29) is 5.75 Å². The summed E-state index contributed by atoms with van der Waals surface area (Å²) in [6.45, 7) is 0. The fraction of sp³-hybridized carbons (Fsp3) is 0. The van der Waals surface area contributed by atoms with Gasteiger partial charge in [-0.25, -0.2) is 4.39 Å². The molecular weight excluding hydrogens is 306 g/mol. The maximum Gasteiger partial charge on any atom is 0.201 e. The molecule has 0 aliphatic rings. The van der Waals surface area contributed by atoms with Crippen molar-refractivity contribution in [3.05, 3.63) is 58.1 Å². The number of halogens is 3.